The number of sulfonamides is 1. The lowest BCUT2D eigenvalue weighted by Crippen LogP contribution is -2.43. The lowest BCUT2D eigenvalue weighted by molar-refractivity contribution is 0.218. The van der Waals surface area contributed by atoms with E-state index in [9.17, 15) is 12.8 Å². The number of aryl methyl sites for hydroxylation is 1. The average molecular weight is 377 g/mol. The van der Waals surface area contributed by atoms with Gasteiger partial charge >= 0.3 is 0 Å². The summed E-state index contributed by atoms with van der Waals surface area (Å²) in [6.45, 7) is 3.64. The molecule has 1 N–H and O–H groups in total. The van der Waals surface area contributed by atoms with Crippen molar-refractivity contribution in [1.29, 1.82) is 0 Å². The van der Waals surface area contributed by atoms with Crippen LogP contribution < -0.4 is 9.73 Å². The second-order valence-corrected chi connectivity index (χ2v) is 8.31. The van der Waals surface area contributed by atoms with Crippen LogP contribution in [-0.2, 0) is 10.0 Å². The van der Waals surface area contributed by atoms with Crippen molar-refractivity contribution in [3.8, 4) is 0 Å². The third-order valence-electron chi connectivity index (χ3n) is 4.63. The lowest BCUT2D eigenvalue weighted by Gasteiger charge is -2.36. The molecule has 5 nitrogen and oxygen atoms in total. The zero-order valence-electron chi connectivity index (χ0n) is 15.1. The average Bonchev–Trinajstić information content (AvgIpc) is 2.63. The number of nitrogens with one attached hydrogen (secondary N) is 1. The fourth-order valence-corrected chi connectivity index (χ4v) is 4.13. The van der Waals surface area contributed by atoms with Gasteiger partial charge in [-0.3, -0.25) is 4.72 Å². The van der Waals surface area contributed by atoms with E-state index in [0.717, 1.165) is 31.5 Å². The summed E-state index contributed by atoms with van der Waals surface area (Å²) < 4.78 is 42.0. The molecule has 0 saturated carbocycles. The summed E-state index contributed by atoms with van der Waals surface area (Å²) in [6.07, 6.45) is 3.33. The highest BCUT2D eigenvalue weighted by molar-refractivity contribution is 7.92. The molecule has 0 aliphatic carbocycles. The molecule has 2 aromatic carbocycles. The Morgan fingerprint density at radius 3 is 2.35 bits per heavy atom. The monoisotopic (exact) mass is 377 g/mol. The molecule has 0 radical (unpaired) electrons. The van der Waals surface area contributed by atoms with Gasteiger partial charge in [0, 0.05) is 20.1 Å². The molecule has 140 valence electrons. The molecule has 0 unspecified atom stereocenters. The standard InChI is InChI=1S/C19H24FN3O2S/c1-15-6-9-17(10-7-15)26(24,25)21-16-8-11-18(20)19(14-16)22(2)23-12-4-3-5-13-23/h6-11,14,21H,3-5,12-13H2,1-2H3. The summed E-state index contributed by atoms with van der Waals surface area (Å²) in [5.74, 6) is -0.378. The quantitative estimate of drug-likeness (QED) is 0.862. The minimum absolute atomic E-state index is 0.179. The van der Waals surface area contributed by atoms with Gasteiger partial charge in [0.25, 0.3) is 10.0 Å². The van der Waals surface area contributed by atoms with Crippen molar-refractivity contribution in [2.45, 2.75) is 31.1 Å². The van der Waals surface area contributed by atoms with Gasteiger partial charge in [0.2, 0.25) is 0 Å². The molecule has 0 bridgehead atoms. The van der Waals surface area contributed by atoms with Crippen LogP contribution in [0.3, 0.4) is 0 Å². The first-order chi connectivity index (χ1) is 12.4. The van der Waals surface area contributed by atoms with Crippen LogP contribution >= 0.6 is 0 Å². The summed E-state index contributed by atoms with van der Waals surface area (Å²) in [5.41, 5.74) is 1.68. The Kier molecular flexibility index (Phi) is 5.48. The van der Waals surface area contributed by atoms with Gasteiger partial charge in [-0.15, -0.1) is 0 Å². The van der Waals surface area contributed by atoms with Crippen molar-refractivity contribution in [2.24, 2.45) is 0 Å². The molecule has 1 heterocycles. The Hall–Kier alpha value is -2.12. The van der Waals surface area contributed by atoms with Crippen molar-refractivity contribution in [1.82, 2.24) is 5.01 Å². The molecule has 1 aliphatic rings. The minimum Gasteiger partial charge on any atom is -0.306 e. The number of nitrogens with zero attached hydrogens (tertiary/aromatic N) is 2. The van der Waals surface area contributed by atoms with E-state index >= 15 is 0 Å². The lowest BCUT2D eigenvalue weighted by atomic mass is 10.1. The number of hydrogen-bond donors (Lipinski definition) is 1. The molecule has 0 aromatic heterocycles. The molecule has 0 spiro atoms. The molecular formula is C19H24FN3O2S. The first kappa shape index (κ1) is 18.7. The Balaban J connectivity index is 1.83. The highest BCUT2D eigenvalue weighted by Crippen LogP contribution is 2.27. The predicted octanol–water partition coefficient (Wildman–Crippen LogP) is 3.77. The summed E-state index contributed by atoms with van der Waals surface area (Å²) in [4.78, 5) is 0.179. The normalized spacial score (nSPS) is 15.7. The van der Waals surface area contributed by atoms with Gasteiger partial charge in [-0.05, 0) is 50.1 Å². The summed E-state index contributed by atoms with van der Waals surface area (Å²) in [5, 5.41) is 3.86. The maximum absolute atomic E-state index is 14.3. The molecule has 7 heteroatoms. The van der Waals surface area contributed by atoms with Crippen LogP contribution in [0.25, 0.3) is 0 Å². The number of halogens is 1. The SMILES string of the molecule is Cc1ccc(S(=O)(=O)Nc2ccc(F)c(N(C)N3CCCCC3)c2)cc1. The van der Waals surface area contributed by atoms with Crippen molar-refractivity contribution >= 4 is 21.4 Å². The molecule has 1 saturated heterocycles. The molecule has 1 fully saturated rings. The van der Waals surface area contributed by atoms with Crippen molar-refractivity contribution in [2.75, 3.05) is 29.9 Å². The van der Waals surface area contributed by atoms with Crippen LogP contribution in [0.1, 0.15) is 24.8 Å². The Bertz CT molecular complexity index is 863. The minimum atomic E-state index is -3.71. The van der Waals surface area contributed by atoms with E-state index in [1.165, 1.54) is 24.6 Å². The Morgan fingerprint density at radius 2 is 1.69 bits per heavy atom. The number of anilines is 2. The van der Waals surface area contributed by atoms with E-state index in [-0.39, 0.29) is 10.7 Å². The predicted molar refractivity (Wildman–Crippen MR) is 102 cm³/mol. The van der Waals surface area contributed by atoms with Crippen LogP contribution in [0.4, 0.5) is 15.8 Å². The summed E-state index contributed by atoms with van der Waals surface area (Å²) in [6, 6.07) is 10.9. The van der Waals surface area contributed by atoms with Crippen LogP contribution in [-0.4, -0.2) is 33.6 Å². The number of benzene rings is 2. The van der Waals surface area contributed by atoms with Gasteiger partial charge in [-0.25, -0.2) is 17.8 Å². The van der Waals surface area contributed by atoms with Gasteiger partial charge in [0.15, 0.2) is 0 Å². The molecule has 2 aromatic rings. The smallest absolute Gasteiger partial charge is 0.261 e. The highest BCUT2D eigenvalue weighted by Gasteiger charge is 2.20. The zero-order valence-corrected chi connectivity index (χ0v) is 15.9. The van der Waals surface area contributed by atoms with Gasteiger partial charge in [-0.2, -0.15) is 0 Å². The van der Waals surface area contributed by atoms with Gasteiger partial charge in [-0.1, -0.05) is 24.1 Å². The second kappa shape index (κ2) is 7.63. The van der Waals surface area contributed by atoms with Gasteiger partial charge in [0.1, 0.15) is 5.82 Å². The highest BCUT2D eigenvalue weighted by atomic mass is 32.2. The van der Waals surface area contributed by atoms with E-state index in [2.05, 4.69) is 9.73 Å². The summed E-state index contributed by atoms with van der Waals surface area (Å²) in [7, 11) is -1.91. The zero-order chi connectivity index (χ0) is 18.7. The van der Waals surface area contributed by atoms with Crippen LogP contribution in [0.2, 0.25) is 0 Å². The third kappa shape index (κ3) is 4.16. The van der Waals surface area contributed by atoms with E-state index in [1.54, 1.807) is 29.3 Å². The molecule has 26 heavy (non-hydrogen) atoms. The molecule has 1 aliphatic heterocycles. The third-order valence-corrected chi connectivity index (χ3v) is 6.03. The first-order valence-electron chi connectivity index (χ1n) is 8.74. The second-order valence-electron chi connectivity index (χ2n) is 6.62. The molecule has 0 atom stereocenters. The van der Waals surface area contributed by atoms with E-state index in [0.29, 0.717) is 11.4 Å². The fourth-order valence-electron chi connectivity index (χ4n) is 3.09. The number of piperidine rings is 1. The van der Waals surface area contributed by atoms with Crippen LogP contribution in [0.5, 0.6) is 0 Å². The van der Waals surface area contributed by atoms with E-state index in [4.69, 9.17) is 0 Å². The van der Waals surface area contributed by atoms with E-state index in [1.807, 2.05) is 14.0 Å². The molecule has 3 rings (SSSR count). The number of hydrazine groups is 1. The molecular weight excluding hydrogens is 353 g/mol. The number of rotatable bonds is 5. The Labute approximate surface area is 154 Å². The van der Waals surface area contributed by atoms with Crippen molar-refractivity contribution in [3.63, 3.8) is 0 Å². The fraction of sp³-hybridized carbons (Fsp3) is 0.368. The molecule has 0 amide bonds. The Morgan fingerprint density at radius 1 is 1.04 bits per heavy atom. The van der Waals surface area contributed by atoms with Crippen LogP contribution in [0, 0.1) is 12.7 Å². The largest absolute Gasteiger partial charge is 0.306 e. The summed E-state index contributed by atoms with van der Waals surface area (Å²) >= 11 is 0. The van der Waals surface area contributed by atoms with E-state index < -0.39 is 10.0 Å². The van der Waals surface area contributed by atoms with Gasteiger partial charge in [0.05, 0.1) is 16.3 Å². The van der Waals surface area contributed by atoms with Crippen LogP contribution in [0.15, 0.2) is 47.4 Å². The van der Waals surface area contributed by atoms with Crippen molar-refractivity contribution in [3.05, 3.63) is 53.8 Å². The maximum Gasteiger partial charge on any atom is 0.261 e. The first-order valence-corrected chi connectivity index (χ1v) is 10.2. The number of hydrogen-bond acceptors (Lipinski definition) is 4. The van der Waals surface area contributed by atoms with Crippen molar-refractivity contribution < 1.29 is 12.8 Å². The maximum atomic E-state index is 14.3. The topological polar surface area (TPSA) is 52.7 Å². The van der Waals surface area contributed by atoms with Gasteiger partial charge < -0.3 is 5.01 Å².